The lowest BCUT2D eigenvalue weighted by Gasteiger charge is -2.43. The van der Waals surface area contributed by atoms with E-state index in [0.717, 1.165) is 48.9 Å². The number of aliphatic hydroxyl groups is 1. The van der Waals surface area contributed by atoms with Crippen molar-refractivity contribution in [3.05, 3.63) is 48.0 Å². The third kappa shape index (κ3) is 4.20. The summed E-state index contributed by atoms with van der Waals surface area (Å²) in [6.45, 7) is 6.00. The van der Waals surface area contributed by atoms with E-state index in [0.29, 0.717) is 6.42 Å². The van der Waals surface area contributed by atoms with Crippen LogP contribution in [-0.4, -0.2) is 49.8 Å². The number of ether oxygens (including phenoxy) is 3. The molecule has 0 aromatic heterocycles. The van der Waals surface area contributed by atoms with Crippen molar-refractivity contribution >= 4 is 5.69 Å². The van der Waals surface area contributed by atoms with Gasteiger partial charge in [0.2, 0.25) is 0 Å². The predicted octanol–water partition coefficient (Wildman–Crippen LogP) is 3.36. The summed E-state index contributed by atoms with van der Waals surface area (Å²) in [7, 11) is 1.69. The smallest absolute Gasteiger partial charge is 0.188 e. The van der Waals surface area contributed by atoms with Crippen molar-refractivity contribution in [2.75, 3.05) is 31.7 Å². The van der Waals surface area contributed by atoms with Gasteiger partial charge < -0.3 is 29.5 Å². The first-order chi connectivity index (χ1) is 14.5. The van der Waals surface area contributed by atoms with Gasteiger partial charge in [-0.05, 0) is 44.9 Å². The molecule has 1 saturated heterocycles. The molecule has 2 aliphatic rings. The molecule has 0 radical (unpaired) electrons. The van der Waals surface area contributed by atoms with Crippen molar-refractivity contribution in [2.45, 2.75) is 51.0 Å². The minimum Gasteiger partial charge on any atom is -0.495 e. The van der Waals surface area contributed by atoms with Crippen LogP contribution in [0.5, 0.6) is 17.2 Å². The van der Waals surface area contributed by atoms with Gasteiger partial charge in [0.1, 0.15) is 11.4 Å². The van der Waals surface area contributed by atoms with E-state index in [-0.39, 0.29) is 24.5 Å². The van der Waals surface area contributed by atoms with E-state index in [4.69, 9.17) is 14.2 Å². The molecule has 0 aliphatic carbocycles. The highest BCUT2D eigenvalue weighted by molar-refractivity contribution is 5.60. The van der Waals surface area contributed by atoms with Crippen LogP contribution in [0, 0.1) is 0 Å². The summed E-state index contributed by atoms with van der Waals surface area (Å²) in [5.74, 6) is 2.43. The number of nitrogens with zero attached hydrogens (tertiary/aromatic N) is 1. The molecule has 2 aliphatic heterocycles. The molecule has 2 aromatic carbocycles. The molecule has 6 heteroatoms. The summed E-state index contributed by atoms with van der Waals surface area (Å²) >= 11 is 0. The Bertz CT molecular complexity index is 870. The summed E-state index contributed by atoms with van der Waals surface area (Å²) in [6.07, 6.45) is 2.15. The highest BCUT2D eigenvalue weighted by atomic mass is 16.5. The van der Waals surface area contributed by atoms with Gasteiger partial charge in [0, 0.05) is 31.7 Å². The average molecular weight is 413 g/mol. The van der Waals surface area contributed by atoms with Crippen LogP contribution in [-0.2, 0) is 6.42 Å². The molecule has 0 bridgehead atoms. The number of anilines is 1. The first kappa shape index (κ1) is 20.8. The maximum Gasteiger partial charge on any atom is 0.188 e. The summed E-state index contributed by atoms with van der Waals surface area (Å²) < 4.78 is 18.5. The van der Waals surface area contributed by atoms with Gasteiger partial charge in [-0.2, -0.15) is 0 Å². The zero-order valence-electron chi connectivity index (χ0n) is 18.1. The minimum atomic E-state index is -0.250. The highest BCUT2D eigenvalue weighted by Crippen LogP contribution is 2.43. The normalized spacial score (nSPS) is 22.3. The maximum atomic E-state index is 9.40. The second kappa shape index (κ2) is 8.74. The fraction of sp³-hybridized carbons (Fsp3) is 0.500. The number of aliphatic hydroxyl groups excluding tert-OH is 1. The number of hydrogen-bond acceptors (Lipinski definition) is 6. The molecule has 30 heavy (non-hydrogen) atoms. The Morgan fingerprint density at radius 1 is 1.17 bits per heavy atom. The van der Waals surface area contributed by atoms with Crippen LogP contribution in [0.2, 0.25) is 0 Å². The number of para-hydroxylation sites is 3. The Morgan fingerprint density at radius 2 is 1.97 bits per heavy atom. The molecular weight excluding hydrogens is 380 g/mol. The van der Waals surface area contributed by atoms with E-state index >= 15 is 0 Å². The monoisotopic (exact) mass is 412 g/mol. The van der Waals surface area contributed by atoms with E-state index in [2.05, 4.69) is 36.2 Å². The summed E-state index contributed by atoms with van der Waals surface area (Å²) in [5.41, 5.74) is 1.96. The topological polar surface area (TPSA) is 63.2 Å². The van der Waals surface area contributed by atoms with Crippen molar-refractivity contribution in [3.63, 3.8) is 0 Å². The molecule has 2 heterocycles. The van der Waals surface area contributed by atoms with Gasteiger partial charge in [-0.3, -0.25) is 0 Å². The van der Waals surface area contributed by atoms with Crippen molar-refractivity contribution in [3.8, 4) is 17.2 Å². The minimum absolute atomic E-state index is 0.0704. The number of fused-ring (bicyclic) bond motifs is 1. The fourth-order valence-corrected chi connectivity index (χ4v) is 4.45. The van der Waals surface area contributed by atoms with Crippen molar-refractivity contribution < 1.29 is 19.3 Å². The lowest BCUT2D eigenvalue weighted by molar-refractivity contribution is 0.0999. The van der Waals surface area contributed by atoms with Crippen molar-refractivity contribution in [1.29, 1.82) is 0 Å². The molecule has 0 amide bonds. The SMILES string of the molecule is COc1ccccc1N1CCNC(CCCO)C1Oc1cccc2c1OC(C)(C)C2. The summed E-state index contributed by atoms with van der Waals surface area (Å²) in [4.78, 5) is 2.26. The molecule has 0 saturated carbocycles. The van der Waals surface area contributed by atoms with E-state index in [1.165, 1.54) is 5.56 Å². The second-order valence-electron chi connectivity index (χ2n) is 8.58. The van der Waals surface area contributed by atoms with Crippen LogP contribution in [0.1, 0.15) is 32.3 Å². The van der Waals surface area contributed by atoms with Crippen LogP contribution in [0.15, 0.2) is 42.5 Å². The molecule has 2 atom stereocenters. The van der Waals surface area contributed by atoms with Crippen molar-refractivity contribution in [1.82, 2.24) is 5.32 Å². The molecule has 6 nitrogen and oxygen atoms in total. The van der Waals surface area contributed by atoms with E-state index < -0.39 is 0 Å². The number of nitrogens with one attached hydrogen (secondary N) is 1. The molecule has 2 aromatic rings. The zero-order chi connectivity index (χ0) is 21.1. The molecule has 2 N–H and O–H groups in total. The Balaban J connectivity index is 1.68. The third-order valence-corrected chi connectivity index (χ3v) is 5.78. The van der Waals surface area contributed by atoms with E-state index in [1.807, 2.05) is 30.3 Å². The first-order valence-electron chi connectivity index (χ1n) is 10.7. The Kier molecular flexibility index (Phi) is 6.06. The molecule has 0 spiro atoms. The highest BCUT2D eigenvalue weighted by Gasteiger charge is 2.37. The fourth-order valence-electron chi connectivity index (χ4n) is 4.45. The van der Waals surface area contributed by atoms with Crippen LogP contribution in [0.4, 0.5) is 5.69 Å². The molecular formula is C24H32N2O4. The zero-order valence-corrected chi connectivity index (χ0v) is 18.1. The summed E-state index contributed by atoms with van der Waals surface area (Å²) in [6, 6.07) is 14.2. The molecule has 1 fully saturated rings. The first-order valence-corrected chi connectivity index (χ1v) is 10.7. The number of methoxy groups -OCH3 is 1. The third-order valence-electron chi connectivity index (χ3n) is 5.78. The average Bonchev–Trinajstić information content (AvgIpc) is 3.07. The number of rotatable bonds is 7. The quantitative estimate of drug-likeness (QED) is 0.727. The maximum absolute atomic E-state index is 9.40. The Morgan fingerprint density at radius 3 is 2.77 bits per heavy atom. The van der Waals surface area contributed by atoms with Gasteiger partial charge >= 0.3 is 0 Å². The van der Waals surface area contributed by atoms with Crippen molar-refractivity contribution in [2.24, 2.45) is 0 Å². The molecule has 2 unspecified atom stereocenters. The number of piperazine rings is 1. The van der Waals surface area contributed by atoms with E-state index in [1.54, 1.807) is 7.11 Å². The molecule has 162 valence electrons. The lowest BCUT2D eigenvalue weighted by Crippen LogP contribution is -2.60. The van der Waals surface area contributed by atoms with Crippen LogP contribution in [0.3, 0.4) is 0 Å². The van der Waals surface area contributed by atoms with E-state index in [9.17, 15) is 5.11 Å². The summed E-state index contributed by atoms with van der Waals surface area (Å²) in [5, 5.41) is 13.0. The van der Waals surface area contributed by atoms with Gasteiger partial charge in [-0.25, -0.2) is 0 Å². The predicted molar refractivity (Wildman–Crippen MR) is 118 cm³/mol. The number of benzene rings is 2. The largest absolute Gasteiger partial charge is 0.495 e. The number of hydrogen-bond donors (Lipinski definition) is 2. The Labute approximate surface area is 178 Å². The van der Waals surface area contributed by atoms with Crippen LogP contribution in [0.25, 0.3) is 0 Å². The Hall–Kier alpha value is -2.44. The van der Waals surface area contributed by atoms with Crippen LogP contribution >= 0.6 is 0 Å². The standard InChI is InChI=1S/C24H32N2O4/c1-24(2)16-17-8-6-12-21(22(17)30-24)29-23-18(9-7-15-27)25-13-14-26(23)19-10-4-5-11-20(19)28-3/h4-6,8,10-12,18,23,25,27H,7,9,13-16H2,1-3H3. The van der Waals surface area contributed by atoms with Gasteiger partial charge in [0.05, 0.1) is 18.8 Å². The second-order valence-corrected chi connectivity index (χ2v) is 8.58. The van der Waals surface area contributed by atoms with Gasteiger partial charge in [0.15, 0.2) is 17.7 Å². The van der Waals surface area contributed by atoms with Gasteiger partial charge in [-0.1, -0.05) is 24.3 Å². The van der Waals surface area contributed by atoms with Gasteiger partial charge in [-0.15, -0.1) is 0 Å². The molecule has 4 rings (SSSR count). The van der Waals surface area contributed by atoms with Gasteiger partial charge in [0.25, 0.3) is 0 Å². The van der Waals surface area contributed by atoms with Crippen LogP contribution < -0.4 is 24.4 Å². The lowest BCUT2D eigenvalue weighted by atomic mass is 10.0.